The van der Waals surface area contributed by atoms with E-state index in [1.165, 1.54) is 24.3 Å². The van der Waals surface area contributed by atoms with Crippen LogP contribution >= 0.6 is 11.6 Å². The molecule has 0 aliphatic carbocycles. The summed E-state index contributed by atoms with van der Waals surface area (Å²) in [5.41, 5.74) is 0.708. The lowest BCUT2D eigenvalue weighted by Gasteiger charge is -2.04. The third-order valence-electron chi connectivity index (χ3n) is 3.34. The summed E-state index contributed by atoms with van der Waals surface area (Å²) >= 11 is 5.76. The zero-order valence-electron chi connectivity index (χ0n) is 13.1. The van der Waals surface area contributed by atoms with Gasteiger partial charge >= 0.3 is 0 Å². The Morgan fingerprint density at radius 1 is 1.08 bits per heavy atom. The average Bonchev–Trinajstić information content (AvgIpc) is 3.10. The van der Waals surface area contributed by atoms with Crippen molar-refractivity contribution in [3.8, 4) is 17.2 Å². The average molecular weight is 380 g/mol. The van der Waals surface area contributed by atoms with Crippen molar-refractivity contribution >= 4 is 21.6 Å². The lowest BCUT2D eigenvalue weighted by molar-refractivity contribution is 0.415. The lowest BCUT2D eigenvalue weighted by Crippen LogP contribution is -2.23. The molecule has 0 saturated carbocycles. The fourth-order valence-corrected chi connectivity index (χ4v) is 3.13. The number of benzene rings is 2. The minimum absolute atomic E-state index is 0.104. The molecule has 0 bridgehead atoms. The number of nitrogens with one attached hydrogen (secondary N) is 1. The summed E-state index contributed by atoms with van der Waals surface area (Å²) in [7, 11) is -2.12. The highest BCUT2D eigenvalue weighted by atomic mass is 35.5. The molecule has 9 heteroatoms. The molecule has 0 amide bonds. The van der Waals surface area contributed by atoms with E-state index in [9.17, 15) is 8.42 Å². The number of methoxy groups -OCH3 is 1. The van der Waals surface area contributed by atoms with Gasteiger partial charge in [0.2, 0.25) is 21.8 Å². The van der Waals surface area contributed by atoms with Crippen molar-refractivity contribution in [3.05, 3.63) is 59.4 Å². The van der Waals surface area contributed by atoms with Crippen LogP contribution in [0.1, 0.15) is 5.89 Å². The fraction of sp³-hybridized carbons (Fsp3) is 0.125. The molecular formula is C16H14ClN3O4S. The Morgan fingerprint density at radius 2 is 1.76 bits per heavy atom. The molecule has 1 aromatic heterocycles. The second-order valence-corrected chi connectivity index (χ2v) is 7.21. The van der Waals surface area contributed by atoms with E-state index in [4.69, 9.17) is 20.8 Å². The van der Waals surface area contributed by atoms with E-state index in [1.807, 2.05) is 0 Å². The van der Waals surface area contributed by atoms with Gasteiger partial charge in [-0.3, -0.25) is 0 Å². The molecule has 2 aromatic carbocycles. The Hall–Kier alpha value is -2.42. The molecule has 0 atom stereocenters. The summed E-state index contributed by atoms with van der Waals surface area (Å²) in [6.07, 6.45) is 0. The number of hydrogen-bond donors (Lipinski definition) is 1. The molecule has 1 heterocycles. The topological polar surface area (TPSA) is 94.3 Å². The van der Waals surface area contributed by atoms with E-state index in [1.54, 1.807) is 31.4 Å². The van der Waals surface area contributed by atoms with Crippen molar-refractivity contribution in [1.29, 1.82) is 0 Å². The van der Waals surface area contributed by atoms with E-state index in [-0.39, 0.29) is 17.3 Å². The highest BCUT2D eigenvalue weighted by Gasteiger charge is 2.16. The van der Waals surface area contributed by atoms with Crippen LogP contribution in [-0.2, 0) is 16.6 Å². The van der Waals surface area contributed by atoms with Gasteiger partial charge in [-0.15, -0.1) is 10.2 Å². The zero-order chi connectivity index (χ0) is 17.9. The van der Waals surface area contributed by atoms with Gasteiger partial charge in [0.25, 0.3) is 0 Å². The smallest absolute Gasteiger partial charge is 0.247 e. The first-order valence-corrected chi connectivity index (χ1v) is 9.06. The summed E-state index contributed by atoms with van der Waals surface area (Å²) in [6.45, 7) is -0.117. The van der Waals surface area contributed by atoms with Gasteiger partial charge in [0.1, 0.15) is 5.75 Å². The van der Waals surface area contributed by atoms with Gasteiger partial charge in [-0.05, 0) is 48.5 Å². The Balaban J connectivity index is 1.69. The quantitative estimate of drug-likeness (QED) is 0.707. The Bertz CT molecular complexity index is 954. The van der Waals surface area contributed by atoms with Gasteiger partial charge in [-0.1, -0.05) is 11.6 Å². The molecule has 1 N–H and O–H groups in total. The predicted molar refractivity (Wildman–Crippen MR) is 91.8 cm³/mol. The number of rotatable bonds is 6. The maximum atomic E-state index is 12.2. The predicted octanol–water partition coefficient (Wildman–Crippen LogP) is 2.88. The summed E-state index contributed by atoms with van der Waals surface area (Å²) in [6, 6.07) is 12.9. The standard InChI is InChI=1S/C16H14ClN3O4S/c1-23-13-6-2-11(3-7-13)16-20-19-15(24-16)10-18-25(21,22)14-8-4-12(17)5-9-14/h2-9,18H,10H2,1H3. The highest BCUT2D eigenvalue weighted by molar-refractivity contribution is 7.89. The van der Waals surface area contributed by atoms with E-state index < -0.39 is 10.0 Å². The summed E-state index contributed by atoms with van der Waals surface area (Å²) in [4.78, 5) is 0.104. The van der Waals surface area contributed by atoms with Gasteiger partial charge in [0.15, 0.2) is 0 Å². The second-order valence-electron chi connectivity index (χ2n) is 5.01. The van der Waals surface area contributed by atoms with Crippen molar-refractivity contribution < 1.29 is 17.6 Å². The molecule has 3 aromatic rings. The first-order chi connectivity index (χ1) is 12.0. The van der Waals surface area contributed by atoms with Crippen LogP contribution in [0.5, 0.6) is 5.75 Å². The monoisotopic (exact) mass is 379 g/mol. The van der Waals surface area contributed by atoms with Gasteiger partial charge in [-0.25, -0.2) is 13.1 Å². The number of hydrogen-bond acceptors (Lipinski definition) is 6. The largest absolute Gasteiger partial charge is 0.497 e. The van der Waals surface area contributed by atoms with E-state index in [0.717, 1.165) is 0 Å². The van der Waals surface area contributed by atoms with Crippen LogP contribution in [0, 0.1) is 0 Å². The summed E-state index contributed by atoms with van der Waals surface area (Å²) < 4.78 is 37.4. The highest BCUT2D eigenvalue weighted by Crippen LogP contribution is 2.21. The normalized spacial score (nSPS) is 11.4. The molecule has 0 saturated heterocycles. The number of ether oxygens (including phenoxy) is 1. The SMILES string of the molecule is COc1ccc(-c2nnc(CNS(=O)(=O)c3ccc(Cl)cc3)o2)cc1. The molecule has 0 aliphatic heterocycles. The number of halogens is 1. The zero-order valence-corrected chi connectivity index (χ0v) is 14.7. The molecule has 0 fully saturated rings. The molecule has 3 rings (SSSR count). The Kier molecular flexibility index (Phi) is 5.03. The van der Waals surface area contributed by atoms with Crippen molar-refractivity contribution in [3.63, 3.8) is 0 Å². The van der Waals surface area contributed by atoms with Crippen molar-refractivity contribution in [2.24, 2.45) is 0 Å². The van der Waals surface area contributed by atoms with Gasteiger partial charge in [0.05, 0.1) is 18.6 Å². The van der Waals surface area contributed by atoms with E-state index in [2.05, 4.69) is 14.9 Å². The van der Waals surface area contributed by atoms with Crippen LogP contribution in [0.25, 0.3) is 11.5 Å². The number of sulfonamides is 1. The third kappa shape index (κ3) is 4.16. The van der Waals surface area contributed by atoms with Gasteiger partial charge < -0.3 is 9.15 Å². The van der Waals surface area contributed by atoms with Crippen molar-refractivity contribution in [2.45, 2.75) is 11.4 Å². The third-order valence-corrected chi connectivity index (χ3v) is 5.01. The lowest BCUT2D eigenvalue weighted by atomic mass is 10.2. The first kappa shape index (κ1) is 17.4. The Labute approximate surface area is 149 Å². The van der Waals surface area contributed by atoms with E-state index in [0.29, 0.717) is 22.2 Å². The molecule has 7 nitrogen and oxygen atoms in total. The summed E-state index contributed by atoms with van der Waals surface area (Å²) in [5, 5.41) is 8.23. The summed E-state index contributed by atoms with van der Waals surface area (Å²) in [5.74, 6) is 1.16. The van der Waals surface area contributed by atoms with Gasteiger partial charge in [0, 0.05) is 10.6 Å². The molecular weight excluding hydrogens is 366 g/mol. The van der Waals surface area contributed by atoms with Crippen LogP contribution in [0.15, 0.2) is 57.8 Å². The fourth-order valence-electron chi connectivity index (χ4n) is 2.03. The number of aromatic nitrogens is 2. The Morgan fingerprint density at radius 3 is 2.40 bits per heavy atom. The molecule has 0 radical (unpaired) electrons. The molecule has 0 aliphatic rings. The second kappa shape index (κ2) is 7.22. The molecule has 0 spiro atoms. The van der Waals surface area contributed by atoms with Crippen LogP contribution in [0.3, 0.4) is 0 Å². The molecule has 0 unspecified atom stereocenters. The van der Waals surface area contributed by atoms with Crippen LogP contribution < -0.4 is 9.46 Å². The molecule has 130 valence electrons. The maximum absolute atomic E-state index is 12.2. The van der Waals surface area contributed by atoms with Crippen LogP contribution in [0.4, 0.5) is 0 Å². The maximum Gasteiger partial charge on any atom is 0.247 e. The van der Waals surface area contributed by atoms with Crippen LogP contribution in [-0.4, -0.2) is 25.7 Å². The van der Waals surface area contributed by atoms with Crippen molar-refractivity contribution in [1.82, 2.24) is 14.9 Å². The first-order valence-electron chi connectivity index (χ1n) is 7.20. The van der Waals surface area contributed by atoms with Crippen LogP contribution in [0.2, 0.25) is 5.02 Å². The van der Waals surface area contributed by atoms with E-state index >= 15 is 0 Å². The van der Waals surface area contributed by atoms with Gasteiger partial charge in [-0.2, -0.15) is 0 Å². The van der Waals surface area contributed by atoms with Crippen molar-refractivity contribution in [2.75, 3.05) is 7.11 Å². The number of nitrogens with zero attached hydrogens (tertiary/aromatic N) is 2. The minimum Gasteiger partial charge on any atom is -0.497 e. The molecule has 25 heavy (non-hydrogen) atoms. The minimum atomic E-state index is -3.69.